The molecule has 0 unspecified atom stereocenters. The summed E-state index contributed by atoms with van der Waals surface area (Å²) in [5.74, 6) is 1.92. The molecule has 14 heavy (non-hydrogen) atoms. The smallest absolute Gasteiger partial charge is 0.120 e. The summed E-state index contributed by atoms with van der Waals surface area (Å²) in [6.45, 7) is 3.50. The van der Waals surface area contributed by atoms with Crippen LogP contribution in [0.4, 0.5) is 0 Å². The molecule has 0 radical (unpaired) electrons. The average Bonchev–Trinajstić information content (AvgIpc) is 2.78. The lowest BCUT2D eigenvalue weighted by molar-refractivity contribution is 0.449. The van der Waals surface area contributed by atoms with Gasteiger partial charge in [-0.3, -0.25) is 0 Å². The number of nitrogens with one attached hydrogen (secondary N) is 1. The molecule has 0 fully saturated rings. The first-order chi connectivity index (χ1) is 6.86. The van der Waals surface area contributed by atoms with Gasteiger partial charge in [-0.05, 0) is 30.7 Å². The molecule has 0 aromatic carbocycles. The van der Waals surface area contributed by atoms with Crippen LogP contribution in [0.2, 0.25) is 0 Å². The van der Waals surface area contributed by atoms with Crippen molar-refractivity contribution in [2.45, 2.75) is 20.0 Å². The summed E-state index contributed by atoms with van der Waals surface area (Å²) in [6.07, 6.45) is 3.38. The van der Waals surface area contributed by atoms with E-state index in [4.69, 9.17) is 8.83 Å². The van der Waals surface area contributed by atoms with Crippen LogP contribution in [0, 0.1) is 6.92 Å². The van der Waals surface area contributed by atoms with Gasteiger partial charge in [-0.15, -0.1) is 0 Å². The van der Waals surface area contributed by atoms with Crippen molar-refractivity contribution in [2.75, 3.05) is 0 Å². The van der Waals surface area contributed by atoms with Crippen molar-refractivity contribution < 1.29 is 8.83 Å². The van der Waals surface area contributed by atoms with Crippen LogP contribution < -0.4 is 5.32 Å². The predicted octanol–water partition coefficient (Wildman–Crippen LogP) is 2.47. The van der Waals surface area contributed by atoms with Gasteiger partial charge in [-0.1, -0.05) is 0 Å². The predicted molar refractivity (Wildman–Crippen MR) is 52.7 cm³/mol. The zero-order chi connectivity index (χ0) is 9.80. The molecule has 3 nitrogen and oxygen atoms in total. The third-order valence-electron chi connectivity index (χ3n) is 2.13. The molecule has 0 atom stereocenters. The number of rotatable bonds is 4. The van der Waals surface area contributed by atoms with Crippen molar-refractivity contribution in [2.24, 2.45) is 0 Å². The summed E-state index contributed by atoms with van der Waals surface area (Å²) in [5.41, 5.74) is 1.18. The topological polar surface area (TPSA) is 38.3 Å². The van der Waals surface area contributed by atoms with Crippen molar-refractivity contribution in [1.82, 2.24) is 5.32 Å². The Labute approximate surface area is 82.7 Å². The van der Waals surface area contributed by atoms with Gasteiger partial charge in [0, 0.05) is 0 Å². The van der Waals surface area contributed by atoms with Crippen LogP contribution in [-0.2, 0) is 13.1 Å². The van der Waals surface area contributed by atoms with Gasteiger partial charge in [-0.25, -0.2) is 0 Å². The Morgan fingerprint density at radius 1 is 1.14 bits per heavy atom. The number of hydrogen-bond donors (Lipinski definition) is 1. The number of aryl methyl sites for hydroxylation is 1. The van der Waals surface area contributed by atoms with Crippen LogP contribution in [0.3, 0.4) is 0 Å². The maximum absolute atomic E-state index is 5.29. The van der Waals surface area contributed by atoms with Crippen LogP contribution in [0.5, 0.6) is 0 Å². The summed E-state index contributed by atoms with van der Waals surface area (Å²) in [5, 5.41) is 3.24. The highest BCUT2D eigenvalue weighted by Gasteiger charge is 2.01. The molecule has 0 aliphatic rings. The van der Waals surface area contributed by atoms with Crippen LogP contribution in [0.15, 0.2) is 39.6 Å². The van der Waals surface area contributed by atoms with Gasteiger partial charge in [0.1, 0.15) is 11.5 Å². The highest BCUT2D eigenvalue weighted by Crippen LogP contribution is 2.08. The normalized spacial score (nSPS) is 10.6. The quantitative estimate of drug-likeness (QED) is 0.806. The Morgan fingerprint density at radius 3 is 2.71 bits per heavy atom. The molecule has 2 heterocycles. The molecule has 74 valence electrons. The molecular weight excluding hydrogens is 178 g/mol. The second kappa shape index (κ2) is 4.15. The molecule has 0 bridgehead atoms. The average molecular weight is 191 g/mol. The Balaban J connectivity index is 1.81. The van der Waals surface area contributed by atoms with E-state index < -0.39 is 0 Å². The van der Waals surface area contributed by atoms with Crippen molar-refractivity contribution in [3.63, 3.8) is 0 Å². The van der Waals surface area contributed by atoms with E-state index in [1.165, 1.54) is 5.56 Å². The first-order valence-electron chi connectivity index (χ1n) is 4.62. The van der Waals surface area contributed by atoms with E-state index in [-0.39, 0.29) is 0 Å². The molecule has 1 N–H and O–H groups in total. The molecule has 0 saturated heterocycles. The fraction of sp³-hybridized carbons (Fsp3) is 0.273. The molecule has 0 spiro atoms. The minimum atomic E-state index is 0.729. The largest absolute Gasteiger partial charge is 0.468 e. The van der Waals surface area contributed by atoms with Crippen molar-refractivity contribution in [1.29, 1.82) is 0 Å². The van der Waals surface area contributed by atoms with Gasteiger partial charge < -0.3 is 14.2 Å². The van der Waals surface area contributed by atoms with E-state index in [0.29, 0.717) is 0 Å². The zero-order valence-corrected chi connectivity index (χ0v) is 8.12. The first kappa shape index (κ1) is 9.09. The van der Waals surface area contributed by atoms with E-state index in [2.05, 4.69) is 5.32 Å². The monoisotopic (exact) mass is 191 g/mol. The Bertz CT molecular complexity index is 376. The minimum Gasteiger partial charge on any atom is -0.468 e. The molecule has 3 heteroatoms. The maximum Gasteiger partial charge on any atom is 0.120 e. The molecular formula is C11H13NO2. The summed E-state index contributed by atoms with van der Waals surface area (Å²) >= 11 is 0. The molecule has 0 aliphatic heterocycles. The standard InChI is InChI=1S/C11H13NO2/c1-9-4-6-14-11(9)8-12-7-10-3-2-5-13-10/h2-6,12H,7-8H2,1H3. The summed E-state index contributed by atoms with van der Waals surface area (Å²) < 4.78 is 10.5. The summed E-state index contributed by atoms with van der Waals surface area (Å²) in [7, 11) is 0. The SMILES string of the molecule is Cc1ccoc1CNCc1ccco1. The molecule has 2 rings (SSSR count). The maximum atomic E-state index is 5.29. The van der Waals surface area contributed by atoms with Gasteiger partial charge in [0.05, 0.1) is 25.6 Å². The summed E-state index contributed by atoms with van der Waals surface area (Å²) in [4.78, 5) is 0. The van der Waals surface area contributed by atoms with Crippen LogP contribution in [0.25, 0.3) is 0 Å². The van der Waals surface area contributed by atoms with E-state index in [9.17, 15) is 0 Å². The van der Waals surface area contributed by atoms with Gasteiger partial charge >= 0.3 is 0 Å². The van der Waals surface area contributed by atoms with E-state index >= 15 is 0 Å². The van der Waals surface area contributed by atoms with Crippen molar-refractivity contribution in [3.05, 3.63) is 47.8 Å². The van der Waals surface area contributed by atoms with Crippen molar-refractivity contribution >= 4 is 0 Å². The van der Waals surface area contributed by atoms with Gasteiger partial charge in [-0.2, -0.15) is 0 Å². The summed E-state index contributed by atoms with van der Waals surface area (Å²) in [6, 6.07) is 5.79. The molecule has 2 aromatic heterocycles. The highest BCUT2D eigenvalue weighted by molar-refractivity contribution is 5.14. The van der Waals surface area contributed by atoms with Crippen molar-refractivity contribution in [3.8, 4) is 0 Å². The van der Waals surface area contributed by atoms with Gasteiger partial charge in [0.2, 0.25) is 0 Å². The highest BCUT2D eigenvalue weighted by atomic mass is 16.3. The first-order valence-corrected chi connectivity index (χ1v) is 4.62. The lowest BCUT2D eigenvalue weighted by Crippen LogP contribution is -2.12. The third-order valence-corrected chi connectivity index (χ3v) is 2.13. The Kier molecular flexibility index (Phi) is 2.70. The van der Waals surface area contributed by atoms with E-state index in [0.717, 1.165) is 24.6 Å². The fourth-order valence-electron chi connectivity index (χ4n) is 1.30. The van der Waals surface area contributed by atoms with Gasteiger partial charge in [0.15, 0.2) is 0 Å². The second-order valence-corrected chi connectivity index (χ2v) is 3.21. The number of hydrogen-bond acceptors (Lipinski definition) is 3. The molecule has 0 aliphatic carbocycles. The zero-order valence-electron chi connectivity index (χ0n) is 8.12. The lowest BCUT2D eigenvalue weighted by atomic mass is 10.3. The third kappa shape index (κ3) is 2.06. The van der Waals surface area contributed by atoms with E-state index in [1.54, 1.807) is 12.5 Å². The van der Waals surface area contributed by atoms with Gasteiger partial charge in [0.25, 0.3) is 0 Å². The van der Waals surface area contributed by atoms with Crippen LogP contribution >= 0.6 is 0 Å². The Hall–Kier alpha value is -1.48. The minimum absolute atomic E-state index is 0.729. The van der Waals surface area contributed by atoms with Crippen LogP contribution in [-0.4, -0.2) is 0 Å². The van der Waals surface area contributed by atoms with Crippen LogP contribution in [0.1, 0.15) is 17.1 Å². The van der Waals surface area contributed by atoms with E-state index in [1.807, 2.05) is 25.1 Å². The number of furan rings is 2. The molecule has 2 aromatic rings. The molecule has 0 amide bonds. The fourth-order valence-corrected chi connectivity index (χ4v) is 1.30. The lowest BCUT2D eigenvalue weighted by Gasteiger charge is -2.00. The Morgan fingerprint density at radius 2 is 2.07 bits per heavy atom. The molecule has 0 saturated carbocycles. The second-order valence-electron chi connectivity index (χ2n) is 3.21.